The van der Waals surface area contributed by atoms with Crippen molar-refractivity contribution in [3.8, 4) is 11.3 Å². The lowest BCUT2D eigenvalue weighted by Gasteiger charge is -2.40. The minimum atomic E-state index is -0.479. The highest BCUT2D eigenvalue weighted by Crippen LogP contribution is 2.42. The fourth-order valence-corrected chi connectivity index (χ4v) is 5.84. The molecule has 192 valence electrons. The van der Waals surface area contributed by atoms with Gasteiger partial charge in [0.15, 0.2) is 0 Å². The first-order valence-corrected chi connectivity index (χ1v) is 13.3. The number of carbonyl (C=O) groups is 1. The van der Waals surface area contributed by atoms with Crippen LogP contribution in [0.25, 0.3) is 22.2 Å². The molecule has 7 nitrogen and oxygen atoms in total. The number of nitrogens with one attached hydrogen (secondary N) is 3. The average Bonchev–Trinajstić information content (AvgIpc) is 3.53. The summed E-state index contributed by atoms with van der Waals surface area (Å²) in [5.41, 5.74) is 5.52. The van der Waals surface area contributed by atoms with Crippen molar-refractivity contribution in [2.24, 2.45) is 5.92 Å². The number of benzene rings is 2. The number of nitrogens with zero attached hydrogens (tertiary/aromatic N) is 2. The van der Waals surface area contributed by atoms with Crippen LogP contribution in [0, 0.1) is 5.92 Å². The average molecular weight is 498 g/mol. The van der Waals surface area contributed by atoms with E-state index < -0.39 is 5.60 Å². The smallest absolute Gasteiger partial charge is 0.410 e. The topological polar surface area (TPSA) is 86.0 Å². The summed E-state index contributed by atoms with van der Waals surface area (Å²) in [5, 5.41) is 5.23. The molecule has 0 bridgehead atoms. The lowest BCUT2D eigenvalue weighted by Crippen LogP contribution is -2.45. The van der Waals surface area contributed by atoms with Gasteiger partial charge in [-0.1, -0.05) is 48.5 Å². The van der Waals surface area contributed by atoms with Crippen molar-refractivity contribution in [2.45, 2.75) is 57.7 Å². The third-order valence-corrected chi connectivity index (χ3v) is 7.62. The van der Waals surface area contributed by atoms with E-state index in [1.54, 1.807) is 0 Å². The minimum absolute atomic E-state index is 0.0815. The Morgan fingerprint density at radius 2 is 1.73 bits per heavy atom. The number of imidazole rings is 1. The predicted octanol–water partition coefficient (Wildman–Crippen LogP) is 6.13. The van der Waals surface area contributed by atoms with Crippen LogP contribution in [0.3, 0.4) is 0 Å². The Kier molecular flexibility index (Phi) is 6.03. The van der Waals surface area contributed by atoms with Crippen LogP contribution >= 0.6 is 0 Å². The van der Waals surface area contributed by atoms with Gasteiger partial charge in [0.25, 0.3) is 0 Å². The number of amides is 1. The van der Waals surface area contributed by atoms with Crippen molar-refractivity contribution in [2.75, 3.05) is 13.1 Å². The molecule has 1 unspecified atom stereocenters. The maximum absolute atomic E-state index is 12.6. The zero-order valence-corrected chi connectivity index (χ0v) is 21.8. The maximum atomic E-state index is 12.6. The monoisotopic (exact) mass is 497 g/mol. The molecule has 1 fully saturated rings. The van der Waals surface area contributed by atoms with Crippen LogP contribution in [-0.4, -0.2) is 44.6 Å². The van der Waals surface area contributed by atoms with Gasteiger partial charge in [-0.05, 0) is 63.1 Å². The first-order chi connectivity index (χ1) is 17.9. The summed E-state index contributed by atoms with van der Waals surface area (Å²) < 4.78 is 5.62. The van der Waals surface area contributed by atoms with Crippen molar-refractivity contribution in [1.82, 2.24) is 25.2 Å². The summed E-state index contributed by atoms with van der Waals surface area (Å²) in [5.74, 6) is 1.36. The van der Waals surface area contributed by atoms with Gasteiger partial charge >= 0.3 is 6.09 Å². The summed E-state index contributed by atoms with van der Waals surface area (Å²) in [4.78, 5) is 26.6. The Labute approximate surface area is 217 Å². The molecule has 4 heterocycles. The Bertz CT molecular complexity index is 1390. The summed E-state index contributed by atoms with van der Waals surface area (Å²) in [7, 11) is 0. The van der Waals surface area contributed by atoms with Crippen LogP contribution in [-0.2, 0) is 11.2 Å². The Hall–Kier alpha value is -3.58. The van der Waals surface area contributed by atoms with Crippen LogP contribution in [0.5, 0.6) is 0 Å². The largest absolute Gasteiger partial charge is 0.444 e. The van der Waals surface area contributed by atoms with E-state index in [1.807, 2.05) is 50.1 Å². The van der Waals surface area contributed by atoms with E-state index in [1.165, 1.54) is 22.2 Å². The number of piperidine rings is 1. The van der Waals surface area contributed by atoms with Gasteiger partial charge in [0.05, 0.1) is 24.0 Å². The van der Waals surface area contributed by atoms with E-state index in [9.17, 15) is 4.79 Å². The highest BCUT2D eigenvalue weighted by atomic mass is 16.6. The number of carbonyl (C=O) groups excluding carboxylic acids is 1. The lowest BCUT2D eigenvalue weighted by atomic mass is 9.82. The zero-order chi connectivity index (χ0) is 25.6. The number of H-pyrrole nitrogens is 2. The van der Waals surface area contributed by atoms with Crippen molar-refractivity contribution >= 4 is 17.0 Å². The third kappa shape index (κ3) is 4.76. The first kappa shape index (κ1) is 23.8. The second kappa shape index (κ2) is 9.38. The van der Waals surface area contributed by atoms with E-state index in [0.717, 1.165) is 36.3 Å². The molecule has 2 aromatic heterocycles. The second-order valence-electron chi connectivity index (χ2n) is 11.3. The first-order valence-electron chi connectivity index (χ1n) is 13.3. The van der Waals surface area contributed by atoms with Crippen molar-refractivity contribution in [3.63, 3.8) is 0 Å². The molecule has 2 atom stereocenters. The molecule has 0 aliphatic carbocycles. The number of rotatable bonds is 3. The second-order valence-corrected chi connectivity index (χ2v) is 11.3. The SMILES string of the molecule is CC(C)(C)OC(=O)N1CCC(C2N[C@@H](c3ncc(-c4ccccc4)[nH]3)Cc3c2[nH]c2ccccc32)CC1. The molecule has 7 heteroatoms. The fraction of sp³-hybridized carbons (Fsp3) is 0.400. The molecule has 0 spiro atoms. The van der Waals surface area contributed by atoms with Crippen LogP contribution in [0.15, 0.2) is 60.8 Å². The number of fused-ring (bicyclic) bond motifs is 3. The predicted molar refractivity (Wildman–Crippen MR) is 145 cm³/mol. The van der Waals surface area contributed by atoms with Crippen LogP contribution in [0.1, 0.15) is 62.8 Å². The van der Waals surface area contributed by atoms with Gasteiger partial charge in [0, 0.05) is 29.7 Å². The van der Waals surface area contributed by atoms with Crippen LogP contribution in [0.2, 0.25) is 0 Å². The molecule has 2 aromatic carbocycles. The Balaban J connectivity index is 1.27. The molecule has 1 amide bonds. The molecule has 4 aromatic rings. The number of aromatic amines is 2. The number of ether oxygens (including phenoxy) is 1. The summed E-state index contributed by atoms with van der Waals surface area (Å²) in [6.45, 7) is 7.16. The summed E-state index contributed by atoms with van der Waals surface area (Å²) >= 11 is 0. The van der Waals surface area contributed by atoms with Crippen LogP contribution < -0.4 is 5.32 Å². The molecule has 6 rings (SSSR count). The maximum Gasteiger partial charge on any atom is 0.410 e. The zero-order valence-electron chi connectivity index (χ0n) is 21.8. The van der Waals surface area contributed by atoms with Crippen LogP contribution in [0.4, 0.5) is 4.79 Å². The van der Waals surface area contributed by atoms with Gasteiger partial charge in [0.2, 0.25) is 0 Å². The van der Waals surface area contributed by atoms with Crippen molar-refractivity contribution < 1.29 is 9.53 Å². The highest BCUT2D eigenvalue weighted by Gasteiger charge is 2.38. The van der Waals surface area contributed by atoms with Gasteiger partial charge in [-0.25, -0.2) is 9.78 Å². The third-order valence-electron chi connectivity index (χ3n) is 7.62. The molecule has 0 radical (unpaired) electrons. The van der Waals surface area contributed by atoms with Gasteiger partial charge < -0.3 is 19.6 Å². The molecule has 37 heavy (non-hydrogen) atoms. The number of likely N-dealkylation sites (tertiary alicyclic amines) is 1. The van der Waals surface area contributed by atoms with Crippen molar-refractivity contribution in [1.29, 1.82) is 0 Å². The van der Waals surface area contributed by atoms with Gasteiger partial charge in [-0.2, -0.15) is 0 Å². The summed E-state index contributed by atoms with van der Waals surface area (Å²) in [6, 6.07) is 19.1. The van der Waals surface area contributed by atoms with E-state index in [-0.39, 0.29) is 18.2 Å². The number of para-hydroxylation sites is 1. The molecule has 2 aliphatic rings. The van der Waals surface area contributed by atoms with E-state index in [0.29, 0.717) is 19.0 Å². The minimum Gasteiger partial charge on any atom is -0.444 e. The van der Waals surface area contributed by atoms with Gasteiger partial charge in [0.1, 0.15) is 11.4 Å². The molecule has 0 saturated carbocycles. The molecule has 2 aliphatic heterocycles. The van der Waals surface area contributed by atoms with Gasteiger partial charge in [-0.3, -0.25) is 5.32 Å². The quantitative estimate of drug-likeness (QED) is 0.318. The number of hydrogen-bond acceptors (Lipinski definition) is 4. The normalized spacial score (nSPS) is 20.7. The summed E-state index contributed by atoms with van der Waals surface area (Å²) in [6.07, 6.45) is 4.44. The molecule has 1 saturated heterocycles. The van der Waals surface area contributed by atoms with E-state index in [4.69, 9.17) is 9.72 Å². The fourth-order valence-electron chi connectivity index (χ4n) is 5.84. The van der Waals surface area contributed by atoms with Gasteiger partial charge in [-0.15, -0.1) is 0 Å². The highest BCUT2D eigenvalue weighted by molar-refractivity contribution is 5.85. The Morgan fingerprint density at radius 3 is 2.49 bits per heavy atom. The van der Waals surface area contributed by atoms with E-state index in [2.05, 4.69) is 51.7 Å². The molecular formula is C30H35N5O2. The van der Waals surface area contributed by atoms with E-state index >= 15 is 0 Å². The standard InChI is InChI=1S/C30H35N5O2/c1-30(2,3)37-29(36)35-15-13-20(14-16-35)26-27-22(21-11-7-8-12-23(21)32-27)17-24(33-26)28-31-18-25(34-28)19-9-5-4-6-10-19/h4-12,18,20,24,26,32-33H,13-17H2,1-3H3,(H,31,34)/t24-,26?/m1/s1. The number of aromatic nitrogens is 3. The molecule has 3 N–H and O–H groups in total. The lowest BCUT2D eigenvalue weighted by molar-refractivity contribution is 0.0164. The molecular weight excluding hydrogens is 462 g/mol. The number of hydrogen-bond donors (Lipinski definition) is 3. The van der Waals surface area contributed by atoms with Crippen molar-refractivity contribution in [3.05, 3.63) is 77.9 Å². The Morgan fingerprint density at radius 1 is 1.00 bits per heavy atom.